The SMILES string of the molecule is C#CCCCNC(=O)c1csc(CCN)n1. The Hall–Kier alpha value is -1.38. The van der Waals surface area contributed by atoms with Crippen LogP contribution in [-0.4, -0.2) is 24.0 Å². The second kappa shape index (κ2) is 6.99. The lowest BCUT2D eigenvalue weighted by Gasteiger charge is -2.00. The number of terminal acetylenes is 1. The molecule has 0 atom stereocenters. The highest BCUT2D eigenvalue weighted by molar-refractivity contribution is 7.09. The number of nitrogens with two attached hydrogens (primary N) is 1. The maximum atomic E-state index is 11.6. The van der Waals surface area contributed by atoms with Crippen molar-refractivity contribution in [3.8, 4) is 12.3 Å². The molecule has 0 radical (unpaired) electrons. The van der Waals surface area contributed by atoms with Gasteiger partial charge in [0, 0.05) is 24.8 Å². The molecule has 16 heavy (non-hydrogen) atoms. The number of rotatable bonds is 6. The predicted octanol–water partition coefficient (Wildman–Crippen LogP) is 0.788. The minimum Gasteiger partial charge on any atom is -0.351 e. The molecule has 0 saturated heterocycles. The van der Waals surface area contributed by atoms with E-state index in [1.807, 2.05) is 0 Å². The largest absolute Gasteiger partial charge is 0.351 e. The van der Waals surface area contributed by atoms with Gasteiger partial charge in [0.05, 0.1) is 5.01 Å². The zero-order valence-electron chi connectivity index (χ0n) is 9.03. The molecule has 3 N–H and O–H groups in total. The maximum Gasteiger partial charge on any atom is 0.270 e. The molecule has 0 spiro atoms. The van der Waals surface area contributed by atoms with Crippen LogP contribution in [0.15, 0.2) is 5.38 Å². The normalized spacial score (nSPS) is 9.75. The Morgan fingerprint density at radius 3 is 3.19 bits per heavy atom. The monoisotopic (exact) mass is 237 g/mol. The molecule has 0 aliphatic carbocycles. The maximum absolute atomic E-state index is 11.6. The summed E-state index contributed by atoms with van der Waals surface area (Å²) in [6.45, 7) is 1.14. The topological polar surface area (TPSA) is 68.0 Å². The highest BCUT2D eigenvalue weighted by atomic mass is 32.1. The van der Waals surface area contributed by atoms with E-state index in [0.29, 0.717) is 25.2 Å². The average Bonchev–Trinajstić information content (AvgIpc) is 2.73. The summed E-state index contributed by atoms with van der Waals surface area (Å²) in [7, 11) is 0. The average molecular weight is 237 g/mol. The van der Waals surface area contributed by atoms with Crippen molar-refractivity contribution in [3.05, 3.63) is 16.1 Å². The molecular weight excluding hydrogens is 222 g/mol. The van der Waals surface area contributed by atoms with Gasteiger partial charge in [-0.2, -0.15) is 0 Å². The fourth-order valence-electron chi connectivity index (χ4n) is 1.14. The van der Waals surface area contributed by atoms with E-state index in [1.165, 1.54) is 11.3 Å². The van der Waals surface area contributed by atoms with Gasteiger partial charge >= 0.3 is 0 Å². The number of hydrogen-bond donors (Lipinski definition) is 2. The fraction of sp³-hybridized carbons (Fsp3) is 0.455. The zero-order valence-corrected chi connectivity index (χ0v) is 9.85. The van der Waals surface area contributed by atoms with Crippen LogP contribution in [0.25, 0.3) is 0 Å². The fourth-order valence-corrected chi connectivity index (χ4v) is 1.93. The third-order valence-corrected chi connectivity index (χ3v) is 2.83. The molecule has 0 saturated carbocycles. The van der Waals surface area contributed by atoms with Crippen LogP contribution in [-0.2, 0) is 6.42 Å². The van der Waals surface area contributed by atoms with E-state index < -0.39 is 0 Å². The number of amides is 1. The first-order valence-electron chi connectivity index (χ1n) is 5.14. The molecule has 1 heterocycles. The molecule has 4 nitrogen and oxygen atoms in total. The summed E-state index contributed by atoms with van der Waals surface area (Å²) in [4.78, 5) is 15.8. The summed E-state index contributed by atoms with van der Waals surface area (Å²) in [5.41, 5.74) is 5.87. The van der Waals surface area contributed by atoms with Crippen LogP contribution >= 0.6 is 11.3 Å². The third-order valence-electron chi connectivity index (χ3n) is 1.93. The van der Waals surface area contributed by atoms with Crippen molar-refractivity contribution in [3.63, 3.8) is 0 Å². The first kappa shape index (κ1) is 12.7. The highest BCUT2D eigenvalue weighted by Crippen LogP contribution is 2.09. The number of aromatic nitrogens is 1. The summed E-state index contributed by atoms with van der Waals surface area (Å²) in [5, 5.41) is 5.42. The molecule has 1 aromatic heterocycles. The Bertz CT molecular complexity index is 381. The second-order valence-electron chi connectivity index (χ2n) is 3.23. The second-order valence-corrected chi connectivity index (χ2v) is 4.17. The van der Waals surface area contributed by atoms with Crippen LogP contribution in [0.2, 0.25) is 0 Å². The molecule has 0 bridgehead atoms. The standard InChI is InChI=1S/C11H15N3OS/c1-2-3-4-7-13-11(15)9-8-16-10(14-9)5-6-12/h1,8H,3-7,12H2,(H,13,15). The number of carbonyl (C=O) groups excluding carboxylic acids is 1. The Labute approximate surface area is 99.3 Å². The van der Waals surface area contributed by atoms with Crippen molar-refractivity contribution >= 4 is 17.2 Å². The Kier molecular flexibility index (Phi) is 5.54. The minimum absolute atomic E-state index is 0.142. The molecule has 0 aliphatic rings. The first-order chi connectivity index (χ1) is 7.77. The predicted molar refractivity (Wildman–Crippen MR) is 65.3 cm³/mol. The van der Waals surface area contributed by atoms with Crippen LogP contribution in [0, 0.1) is 12.3 Å². The van der Waals surface area contributed by atoms with E-state index in [1.54, 1.807) is 5.38 Å². The summed E-state index contributed by atoms with van der Waals surface area (Å²) in [6, 6.07) is 0. The van der Waals surface area contributed by atoms with E-state index in [9.17, 15) is 4.79 Å². The first-order valence-corrected chi connectivity index (χ1v) is 6.02. The van der Waals surface area contributed by atoms with Crippen molar-refractivity contribution in [2.24, 2.45) is 5.73 Å². The molecule has 1 rings (SSSR count). The van der Waals surface area contributed by atoms with E-state index >= 15 is 0 Å². The van der Waals surface area contributed by atoms with Gasteiger partial charge in [0.25, 0.3) is 5.91 Å². The van der Waals surface area contributed by atoms with Crippen LogP contribution in [0.4, 0.5) is 0 Å². The van der Waals surface area contributed by atoms with Gasteiger partial charge in [-0.25, -0.2) is 4.98 Å². The Morgan fingerprint density at radius 2 is 2.50 bits per heavy atom. The zero-order chi connectivity index (χ0) is 11.8. The minimum atomic E-state index is -0.142. The molecule has 5 heteroatoms. The van der Waals surface area contributed by atoms with Crippen molar-refractivity contribution in [1.82, 2.24) is 10.3 Å². The van der Waals surface area contributed by atoms with Crippen LogP contribution in [0.3, 0.4) is 0 Å². The Balaban J connectivity index is 2.38. The third kappa shape index (κ3) is 4.01. The smallest absolute Gasteiger partial charge is 0.270 e. The lowest BCUT2D eigenvalue weighted by Crippen LogP contribution is -2.24. The lowest BCUT2D eigenvalue weighted by molar-refractivity contribution is 0.0949. The molecule has 1 amide bonds. The molecule has 1 aromatic rings. The van der Waals surface area contributed by atoms with Gasteiger partial charge in [-0.1, -0.05) is 0 Å². The summed E-state index contributed by atoms with van der Waals surface area (Å²) >= 11 is 1.46. The van der Waals surface area contributed by atoms with Crippen molar-refractivity contribution in [2.75, 3.05) is 13.1 Å². The van der Waals surface area contributed by atoms with Crippen LogP contribution in [0.5, 0.6) is 0 Å². The van der Waals surface area contributed by atoms with E-state index in [2.05, 4.69) is 16.2 Å². The van der Waals surface area contributed by atoms with Crippen molar-refractivity contribution in [2.45, 2.75) is 19.3 Å². The molecular formula is C11H15N3OS. The summed E-state index contributed by atoms with van der Waals surface area (Å²) in [5.74, 6) is 2.38. The number of unbranched alkanes of at least 4 members (excludes halogenated alkanes) is 1. The van der Waals surface area contributed by atoms with Crippen LogP contribution < -0.4 is 11.1 Å². The number of carbonyl (C=O) groups is 1. The number of nitrogens with zero attached hydrogens (tertiary/aromatic N) is 1. The summed E-state index contributed by atoms with van der Waals surface area (Å²) < 4.78 is 0. The number of thiazole rings is 1. The number of nitrogens with one attached hydrogen (secondary N) is 1. The van der Waals surface area contributed by atoms with Gasteiger partial charge in [0.2, 0.25) is 0 Å². The Morgan fingerprint density at radius 1 is 1.69 bits per heavy atom. The molecule has 86 valence electrons. The molecule has 0 unspecified atom stereocenters. The van der Waals surface area contributed by atoms with E-state index in [4.69, 9.17) is 12.2 Å². The quantitative estimate of drug-likeness (QED) is 0.567. The van der Waals surface area contributed by atoms with Crippen molar-refractivity contribution < 1.29 is 4.79 Å². The van der Waals surface area contributed by atoms with Gasteiger partial charge in [-0.3, -0.25) is 4.79 Å². The molecule has 0 fully saturated rings. The molecule has 0 aromatic carbocycles. The summed E-state index contributed by atoms with van der Waals surface area (Å²) in [6.07, 6.45) is 7.30. The lowest BCUT2D eigenvalue weighted by atomic mass is 10.3. The number of hydrogen-bond acceptors (Lipinski definition) is 4. The van der Waals surface area contributed by atoms with Crippen LogP contribution in [0.1, 0.15) is 28.3 Å². The van der Waals surface area contributed by atoms with Gasteiger partial charge in [0.1, 0.15) is 5.69 Å². The molecule has 0 aliphatic heterocycles. The van der Waals surface area contributed by atoms with Gasteiger partial charge in [-0.15, -0.1) is 23.7 Å². The van der Waals surface area contributed by atoms with Gasteiger partial charge < -0.3 is 11.1 Å². The van der Waals surface area contributed by atoms with Crippen molar-refractivity contribution in [1.29, 1.82) is 0 Å². The van der Waals surface area contributed by atoms with Gasteiger partial charge in [-0.05, 0) is 13.0 Å². The van der Waals surface area contributed by atoms with E-state index in [0.717, 1.165) is 17.8 Å². The highest BCUT2D eigenvalue weighted by Gasteiger charge is 2.09. The van der Waals surface area contributed by atoms with E-state index in [-0.39, 0.29) is 5.91 Å². The van der Waals surface area contributed by atoms with Gasteiger partial charge in [0.15, 0.2) is 0 Å².